The molecule has 1 saturated heterocycles. The topological polar surface area (TPSA) is 142 Å². The number of carbonyl (C=O) groups excluding carboxylic acids is 2. The van der Waals surface area contributed by atoms with Crippen molar-refractivity contribution in [1.82, 2.24) is 30.2 Å². The Kier molecular flexibility index (Phi) is 10.3. The summed E-state index contributed by atoms with van der Waals surface area (Å²) in [5.41, 5.74) is 9.27. The van der Waals surface area contributed by atoms with Gasteiger partial charge in [-0.1, -0.05) is 52.0 Å². The number of H-pyrrole nitrogens is 1. The number of benzene rings is 2. The Bertz CT molecular complexity index is 1310. The zero-order valence-electron chi connectivity index (χ0n) is 22.4. The molecule has 5 N–H and O–H groups in total. The summed E-state index contributed by atoms with van der Waals surface area (Å²) in [6.07, 6.45) is 2.44. The van der Waals surface area contributed by atoms with Gasteiger partial charge in [-0.3, -0.25) is 14.9 Å². The van der Waals surface area contributed by atoms with Crippen LogP contribution in [0.3, 0.4) is 0 Å². The smallest absolute Gasteiger partial charge is 0.280 e. The van der Waals surface area contributed by atoms with Crippen LogP contribution in [-0.2, 0) is 0 Å². The highest BCUT2D eigenvalue weighted by Gasteiger charge is 2.19. The number of nitrogens with zero attached hydrogens (tertiary/aromatic N) is 4. The molecular formula is C28H36N8O2. The maximum atomic E-state index is 12.8. The first-order valence-electron chi connectivity index (χ1n) is 13.1. The Labute approximate surface area is 223 Å². The molecule has 0 unspecified atom stereocenters. The first-order valence-corrected chi connectivity index (χ1v) is 13.1. The van der Waals surface area contributed by atoms with Crippen LogP contribution < -0.4 is 16.4 Å². The normalized spacial score (nSPS) is 12.9. The van der Waals surface area contributed by atoms with Gasteiger partial charge in [-0.15, -0.1) is 0 Å². The Balaban J connectivity index is 0.000000956. The van der Waals surface area contributed by atoms with E-state index in [1.54, 1.807) is 24.3 Å². The Morgan fingerprint density at radius 3 is 2.42 bits per heavy atom. The summed E-state index contributed by atoms with van der Waals surface area (Å²) in [6, 6.07) is 14.6. The van der Waals surface area contributed by atoms with Crippen LogP contribution in [0.25, 0.3) is 22.3 Å². The quantitative estimate of drug-likeness (QED) is 0.316. The second kappa shape index (κ2) is 13.8. The minimum atomic E-state index is -0.521. The molecule has 5 rings (SSSR count). The number of imidazole rings is 1. The summed E-state index contributed by atoms with van der Waals surface area (Å²) in [5.74, 6) is -0.208. The third kappa shape index (κ3) is 6.71. The van der Waals surface area contributed by atoms with E-state index in [2.05, 4.69) is 30.6 Å². The lowest BCUT2D eigenvalue weighted by Crippen LogP contribution is -2.34. The number of hydrogen-bond donors (Lipinski definition) is 4. The lowest BCUT2D eigenvalue weighted by Gasteiger charge is -2.20. The number of carbonyl (C=O) groups is 2. The van der Waals surface area contributed by atoms with E-state index >= 15 is 0 Å². The van der Waals surface area contributed by atoms with Crippen LogP contribution in [0.4, 0.5) is 11.8 Å². The minimum Gasteiger partial charge on any atom is -0.382 e. The SMILES string of the molecule is CC.CC.Nc1ncc(-c2ccc(C(=O)N3CCCNCC3)cc2)nc1C(=O)Nc1nc2ccccc2[nH]1. The molecule has 1 fully saturated rings. The fourth-order valence-corrected chi connectivity index (χ4v) is 3.90. The predicted octanol–water partition coefficient (Wildman–Crippen LogP) is 4.34. The number of para-hydroxylation sites is 2. The van der Waals surface area contributed by atoms with Gasteiger partial charge in [0.25, 0.3) is 11.8 Å². The summed E-state index contributed by atoms with van der Waals surface area (Å²) in [7, 11) is 0. The van der Waals surface area contributed by atoms with Crippen LogP contribution in [0.5, 0.6) is 0 Å². The molecule has 10 nitrogen and oxygen atoms in total. The summed E-state index contributed by atoms with van der Waals surface area (Å²) >= 11 is 0. The fourth-order valence-electron chi connectivity index (χ4n) is 3.90. The van der Waals surface area contributed by atoms with Crippen LogP contribution in [0, 0.1) is 0 Å². The van der Waals surface area contributed by atoms with Crippen molar-refractivity contribution in [3.05, 3.63) is 66.0 Å². The third-order valence-electron chi connectivity index (χ3n) is 5.69. The fraction of sp³-hybridized carbons (Fsp3) is 0.321. The van der Waals surface area contributed by atoms with Gasteiger partial charge in [-0.25, -0.2) is 15.0 Å². The zero-order chi connectivity index (χ0) is 27.5. The minimum absolute atomic E-state index is 0.00421. The molecule has 0 spiro atoms. The molecule has 0 aliphatic carbocycles. The maximum Gasteiger partial charge on any atom is 0.280 e. The molecule has 2 amide bonds. The number of hydrogen-bond acceptors (Lipinski definition) is 7. The number of aromatic amines is 1. The van der Waals surface area contributed by atoms with Crippen LogP contribution in [0.1, 0.15) is 55.0 Å². The maximum absolute atomic E-state index is 12.8. The average Bonchev–Trinajstić information content (AvgIpc) is 3.18. The van der Waals surface area contributed by atoms with Crippen LogP contribution >= 0.6 is 0 Å². The molecule has 0 radical (unpaired) electrons. The van der Waals surface area contributed by atoms with E-state index in [1.165, 1.54) is 6.20 Å². The number of aromatic nitrogens is 4. The van der Waals surface area contributed by atoms with Gasteiger partial charge in [0, 0.05) is 30.8 Å². The molecule has 200 valence electrons. The van der Waals surface area contributed by atoms with E-state index in [0.717, 1.165) is 42.7 Å². The number of nitrogens with one attached hydrogen (secondary N) is 3. The van der Waals surface area contributed by atoms with Crippen molar-refractivity contribution < 1.29 is 9.59 Å². The standard InChI is InChI=1S/C24H24N8O2.2C2H6/c25-21-20(22(33)31-24-29-17-4-1-2-5-18(17)30-24)28-19(14-27-21)15-6-8-16(9-7-15)23(34)32-12-3-10-26-11-13-32;2*1-2/h1-2,4-9,14,26H,3,10-13H2,(H2,25,27)(H2,29,30,31,33);2*1-2H3. The molecule has 3 heterocycles. The van der Waals surface area contributed by atoms with Crippen molar-refractivity contribution in [3.63, 3.8) is 0 Å². The van der Waals surface area contributed by atoms with Gasteiger partial charge in [-0.2, -0.15) is 0 Å². The van der Waals surface area contributed by atoms with Gasteiger partial charge >= 0.3 is 0 Å². The number of fused-ring (bicyclic) bond motifs is 1. The van der Waals surface area contributed by atoms with Gasteiger partial charge in [0.05, 0.1) is 22.9 Å². The lowest BCUT2D eigenvalue weighted by molar-refractivity contribution is 0.0766. The second-order valence-corrected chi connectivity index (χ2v) is 8.02. The van der Waals surface area contributed by atoms with Gasteiger partial charge < -0.3 is 20.9 Å². The van der Waals surface area contributed by atoms with E-state index in [4.69, 9.17) is 5.73 Å². The highest BCUT2D eigenvalue weighted by Crippen LogP contribution is 2.21. The van der Waals surface area contributed by atoms with Crippen molar-refractivity contribution in [3.8, 4) is 11.3 Å². The van der Waals surface area contributed by atoms with Crippen LogP contribution in [0.2, 0.25) is 0 Å². The molecule has 0 atom stereocenters. The van der Waals surface area contributed by atoms with Crippen molar-refractivity contribution in [2.45, 2.75) is 34.1 Å². The Morgan fingerprint density at radius 2 is 1.68 bits per heavy atom. The predicted molar refractivity (Wildman–Crippen MR) is 152 cm³/mol. The summed E-state index contributed by atoms with van der Waals surface area (Å²) in [6.45, 7) is 11.1. The van der Waals surface area contributed by atoms with Crippen LogP contribution in [0.15, 0.2) is 54.7 Å². The van der Waals surface area contributed by atoms with E-state index in [9.17, 15) is 9.59 Å². The molecule has 2 aromatic heterocycles. The number of rotatable bonds is 4. The molecule has 4 aromatic rings. The molecule has 1 aliphatic rings. The summed E-state index contributed by atoms with van der Waals surface area (Å²) in [5, 5.41) is 5.99. The highest BCUT2D eigenvalue weighted by atomic mass is 16.2. The summed E-state index contributed by atoms with van der Waals surface area (Å²) < 4.78 is 0. The lowest BCUT2D eigenvalue weighted by atomic mass is 10.1. The molecule has 0 bridgehead atoms. The van der Waals surface area contributed by atoms with Crippen LogP contribution in [-0.4, -0.2) is 62.8 Å². The third-order valence-corrected chi connectivity index (χ3v) is 5.69. The first kappa shape index (κ1) is 28.3. The van der Waals surface area contributed by atoms with E-state index in [-0.39, 0.29) is 17.4 Å². The highest BCUT2D eigenvalue weighted by molar-refractivity contribution is 6.05. The van der Waals surface area contributed by atoms with E-state index < -0.39 is 5.91 Å². The van der Waals surface area contributed by atoms with Gasteiger partial charge in [0.1, 0.15) is 0 Å². The molecule has 1 aliphatic heterocycles. The number of nitrogens with two attached hydrogens (primary N) is 1. The van der Waals surface area contributed by atoms with Crippen molar-refractivity contribution in [2.75, 3.05) is 37.2 Å². The van der Waals surface area contributed by atoms with Gasteiger partial charge in [0.15, 0.2) is 11.5 Å². The monoisotopic (exact) mass is 516 g/mol. The van der Waals surface area contributed by atoms with Crippen molar-refractivity contribution in [2.24, 2.45) is 0 Å². The largest absolute Gasteiger partial charge is 0.382 e. The number of amides is 2. The number of anilines is 2. The van der Waals surface area contributed by atoms with Gasteiger partial charge in [-0.05, 0) is 37.2 Å². The molecule has 38 heavy (non-hydrogen) atoms. The molecular weight excluding hydrogens is 480 g/mol. The van der Waals surface area contributed by atoms with Crippen molar-refractivity contribution >= 4 is 34.6 Å². The Morgan fingerprint density at radius 1 is 0.947 bits per heavy atom. The van der Waals surface area contributed by atoms with Gasteiger partial charge in [0.2, 0.25) is 5.95 Å². The zero-order valence-corrected chi connectivity index (χ0v) is 22.4. The van der Waals surface area contributed by atoms with Crippen molar-refractivity contribution in [1.29, 1.82) is 0 Å². The Hall–Kier alpha value is -4.31. The average molecular weight is 517 g/mol. The first-order chi connectivity index (χ1) is 18.6. The summed E-state index contributed by atoms with van der Waals surface area (Å²) in [4.78, 5) is 43.5. The van der Waals surface area contributed by atoms with E-state index in [1.807, 2.05) is 56.9 Å². The number of nitrogen functional groups attached to an aromatic ring is 1. The molecule has 2 aromatic carbocycles. The van der Waals surface area contributed by atoms with E-state index in [0.29, 0.717) is 23.8 Å². The second-order valence-electron chi connectivity index (χ2n) is 8.02. The molecule has 0 saturated carbocycles. The molecule has 10 heteroatoms.